The van der Waals surface area contributed by atoms with Crippen LogP contribution in [0.5, 0.6) is 11.5 Å². The maximum atomic E-state index is 6.59. The zero-order valence-corrected chi connectivity index (χ0v) is 15.4. The smallest absolute Gasteiger partial charge is 0.222 e. The number of nitrogens with two attached hydrogens (primary N) is 1. The number of aliphatic imine (C=N–C) groups is 1. The normalized spacial score (nSPS) is 13.3. The van der Waals surface area contributed by atoms with E-state index in [1.165, 1.54) is 0 Å². The number of ether oxygens (including phenoxy) is 2. The van der Waals surface area contributed by atoms with Crippen LogP contribution in [-0.4, -0.2) is 43.0 Å². The van der Waals surface area contributed by atoms with Gasteiger partial charge < -0.3 is 20.1 Å². The average Bonchev–Trinajstić information content (AvgIpc) is 2.61. The summed E-state index contributed by atoms with van der Waals surface area (Å²) in [5.41, 5.74) is 8.90. The SMILES string of the molecule is CCN1CC(c2c(C)c(OC)cc(OC)c2Cl)=Nc2cnc(N)nc21. The van der Waals surface area contributed by atoms with Crippen LogP contribution in [0.15, 0.2) is 17.3 Å². The van der Waals surface area contributed by atoms with Crippen LogP contribution in [-0.2, 0) is 0 Å². The lowest BCUT2D eigenvalue weighted by atomic mass is 10.0. The van der Waals surface area contributed by atoms with Gasteiger partial charge in [-0.15, -0.1) is 0 Å². The number of fused-ring (bicyclic) bond motifs is 1. The van der Waals surface area contributed by atoms with E-state index in [0.29, 0.717) is 28.8 Å². The molecule has 132 valence electrons. The van der Waals surface area contributed by atoms with E-state index in [0.717, 1.165) is 29.2 Å². The van der Waals surface area contributed by atoms with Crippen molar-refractivity contribution >= 4 is 34.8 Å². The maximum Gasteiger partial charge on any atom is 0.222 e. The van der Waals surface area contributed by atoms with Crippen LogP contribution < -0.4 is 20.1 Å². The minimum absolute atomic E-state index is 0.230. The van der Waals surface area contributed by atoms with Crippen LogP contribution in [0.1, 0.15) is 18.1 Å². The number of likely N-dealkylation sites (N-methyl/N-ethyl adjacent to an activating group) is 1. The van der Waals surface area contributed by atoms with E-state index >= 15 is 0 Å². The van der Waals surface area contributed by atoms with Crippen molar-refractivity contribution in [2.45, 2.75) is 13.8 Å². The molecule has 0 amide bonds. The molecule has 0 radical (unpaired) electrons. The zero-order chi connectivity index (χ0) is 18.1. The number of hydrogen-bond donors (Lipinski definition) is 1. The summed E-state index contributed by atoms with van der Waals surface area (Å²) in [7, 11) is 3.19. The van der Waals surface area contributed by atoms with Crippen LogP contribution in [0.3, 0.4) is 0 Å². The molecule has 0 spiro atoms. The van der Waals surface area contributed by atoms with Crippen molar-refractivity contribution in [3.8, 4) is 11.5 Å². The summed E-state index contributed by atoms with van der Waals surface area (Å²) < 4.78 is 10.9. The predicted molar refractivity (Wildman–Crippen MR) is 99.8 cm³/mol. The Morgan fingerprint density at radius 2 is 2.00 bits per heavy atom. The fourth-order valence-corrected chi connectivity index (χ4v) is 3.31. The van der Waals surface area contributed by atoms with E-state index in [1.807, 2.05) is 13.8 Å². The zero-order valence-electron chi connectivity index (χ0n) is 14.6. The molecular formula is C17H20ClN5O2. The van der Waals surface area contributed by atoms with Crippen molar-refractivity contribution in [1.82, 2.24) is 9.97 Å². The van der Waals surface area contributed by atoms with Crippen LogP contribution in [0, 0.1) is 6.92 Å². The average molecular weight is 362 g/mol. The van der Waals surface area contributed by atoms with Crippen molar-refractivity contribution in [3.05, 3.63) is 28.4 Å². The fourth-order valence-electron chi connectivity index (χ4n) is 2.93. The molecule has 3 rings (SSSR count). The van der Waals surface area contributed by atoms with Crippen LogP contribution in [0.25, 0.3) is 0 Å². The van der Waals surface area contributed by atoms with Gasteiger partial charge in [0.15, 0.2) is 5.82 Å². The number of hydrogen-bond acceptors (Lipinski definition) is 7. The Morgan fingerprint density at radius 3 is 2.64 bits per heavy atom. The first-order chi connectivity index (χ1) is 12.0. The topological polar surface area (TPSA) is 85.9 Å². The van der Waals surface area contributed by atoms with Gasteiger partial charge in [-0.3, -0.25) is 0 Å². The number of rotatable bonds is 4. The lowest BCUT2D eigenvalue weighted by molar-refractivity contribution is 0.392. The Balaban J connectivity index is 2.21. The van der Waals surface area contributed by atoms with Crippen molar-refractivity contribution in [2.24, 2.45) is 4.99 Å². The molecule has 0 atom stereocenters. The Labute approximate surface area is 151 Å². The van der Waals surface area contributed by atoms with Gasteiger partial charge in [0.25, 0.3) is 0 Å². The van der Waals surface area contributed by atoms with E-state index < -0.39 is 0 Å². The second kappa shape index (κ2) is 6.76. The highest BCUT2D eigenvalue weighted by atomic mass is 35.5. The molecule has 2 heterocycles. The molecule has 0 unspecified atom stereocenters. The van der Waals surface area contributed by atoms with Gasteiger partial charge in [-0.1, -0.05) is 11.6 Å². The molecule has 1 aliphatic heterocycles. The first kappa shape index (κ1) is 17.3. The van der Waals surface area contributed by atoms with E-state index in [1.54, 1.807) is 26.5 Å². The van der Waals surface area contributed by atoms with Crippen LogP contribution in [0.4, 0.5) is 17.5 Å². The van der Waals surface area contributed by atoms with Crippen molar-refractivity contribution in [1.29, 1.82) is 0 Å². The molecule has 1 aromatic heterocycles. The van der Waals surface area contributed by atoms with E-state index in [-0.39, 0.29) is 5.95 Å². The highest BCUT2D eigenvalue weighted by molar-refractivity contribution is 6.36. The predicted octanol–water partition coefficient (Wildman–Crippen LogP) is 3.00. The molecule has 0 saturated heterocycles. The van der Waals surface area contributed by atoms with Crippen molar-refractivity contribution < 1.29 is 9.47 Å². The number of aromatic nitrogens is 2. The van der Waals surface area contributed by atoms with Crippen LogP contribution >= 0.6 is 11.6 Å². The summed E-state index contributed by atoms with van der Waals surface area (Å²) in [6.07, 6.45) is 1.63. The van der Waals surface area contributed by atoms with Gasteiger partial charge in [0.05, 0.1) is 37.7 Å². The summed E-state index contributed by atoms with van der Waals surface area (Å²) in [4.78, 5) is 15.2. The maximum absolute atomic E-state index is 6.59. The lowest BCUT2D eigenvalue weighted by Crippen LogP contribution is -2.34. The third kappa shape index (κ3) is 2.95. The molecule has 0 bridgehead atoms. The largest absolute Gasteiger partial charge is 0.496 e. The minimum atomic E-state index is 0.230. The van der Waals surface area contributed by atoms with Gasteiger partial charge >= 0.3 is 0 Å². The molecule has 25 heavy (non-hydrogen) atoms. The Hall–Kier alpha value is -2.54. The second-order valence-electron chi connectivity index (χ2n) is 5.60. The molecule has 8 heteroatoms. The summed E-state index contributed by atoms with van der Waals surface area (Å²) in [6.45, 7) is 5.30. The molecule has 0 fully saturated rings. The highest BCUT2D eigenvalue weighted by Gasteiger charge is 2.26. The van der Waals surface area contributed by atoms with E-state index in [4.69, 9.17) is 31.8 Å². The third-order valence-electron chi connectivity index (χ3n) is 4.22. The Kier molecular flexibility index (Phi) is 4.67. The molecule has 7 nitrogen and oxygen atoms in total. The first-order valence-corrected chi connectivity index (χ1v) is 8.24. The quantitative estimate of drug-likeness (QED) is 0.900. The first-order valence-electron chi connectivity index (χ1n) is 7.86. The summed E-state index contributed by atoms with van der Waals surface area (Å²) >= 11 is 6.59. The van der Waals surface area contributed by atoms with Crippen molar-refractivity contribution in [3.63, 3.8) is 0 Å². The van der Waals surface area contributed by atoms with Gasteiger partial charge in [0.2, 0.25) is 5.95 Å². The van der Waals surface area contributed by atoms with Gasteiger partial charge in [-0.05, 0) is 13.8 Å². The summed E-state index contributed by atoms with van der Waals surface area (Å²) in [5.74, 6) is 2.20. The highest BCUT2D eigenvalue weighted by Crippen LogP contribution is 2.40. The molecule has 0 aliphatic carbocycles. The number of nitrogen functional groups attached to an aromatic ring is 1. The lowest BCUT2D eigenvalue weighted by Gasteiger charge is -2.29. The molecular weight excluding hydrogens is 342 g/mol. The fraction of sp³-hybridized carbons (Fsp3) is 0.353. The Bertz CT molecular complexity index is 825. The molecule has 0 saturated carbocycles. The van der Waals surface area contributed by atoms with Crippen molar-refractivity contribution in [2.75, 3.05) is 37.9 Å². The Morgan fingerprint density at radius 1 is 1.28 bits per heavy atom. The molecule has 1 aromatic carbocycles. The van der Waals surface area contributed by atoms with Gasteiger partial charge in [0.1, 0.15) is 17.2 Å². The number of benzene rings is 1. The van der Waals surface area contributed by atoms with E-state index in [9.17, 15) is 0 Å². The van der Waals surface area contributed by atoms with E-state index in [2.05, 4.69) is 14.9 Å². The third-order valence-corrected chi connectivity index (χ3v) is 4.59. The number of methoxy groups -OCH3 is 2. The number of nitrogens with zero attached hydrogens (tertiary/aromatic N) is 4. The van der Waals surface area contributed by atoms with Crippen LogP contribution in [0.2, 0.25) is 5.02 Å². The number of halogens is 1. The van der Waals surface area contributed by atoms with Gasteiger partial charge in [-0.25, -0.2) is 9.98 Å². The molecule has 2 N–H and O–H groups in total. The van der Waals surface area contributed by atoms with Gasteiger partial charge in [0, 0.05) is 23.7 Å². The standard InChI is InChI=1S/C17H20ClN5O2/c1-5-23-8-11(21-10-7-20-17(19)22-16(10)23)14-9(2)12(24-3)6-13(25-4)15(14)18/h6-7H,5,8H2,1-4H3,(H2,19,20,22). The number of anilines is 2. The summed E-state index contributed by atoms with van der Waals surface area (Å²) in [6, 6.07) is 1.78. The van der Waals surface area contributed by atoms with Gasteiger partial charge in [-0.2, -0.15) is 4.98 Å². The molecule has 2 aromatic rings. The monoisotopic (exact) mass is 361 g/mol. The minimum Gasteiger partial charge on any atom is -0.496 e. The second-order valence-corrected chi connectivity index (χ2v) is 5.98. The summed E-state index contributed by atoms with van der Waals surface area (Å²) in [5, 5.41) is 0.510. The molecule has 1 aliphatic rings.